The zero-order valence-corrected chi connectivity index (χ0v) is 12.8. The van der Waals surface area contributed by atoms with Crippen LogP contribution in [0, 0.1) is 5.41 Å². The highest BCUT2D eigenvalue weighted by Gasteiger charge is 2.38. The van der Waals surface area contributed by atoms with E-state index in [-0.39, 0.29) is 18.1 Å². The number of carbonyl (C=O) groups is 1. The van der Waals surface area contributed by atoms with E-state index in [9.17, 15) is 9.90 Å². The minimum absolute atomic E-state index is 0.120. The topological polar surface area (TPSA) is 69.9 Å². The number of likely N-dealkylation sites (tertiary alicyclic amines) is 1. The van der Waals surface area contributed by atoms with E-state index in [0.29, 0.717) is 18.8 Å². The Labute approximate surface area is 129 Å². The molecule has 3 rings (SSSR count). The summed E-state index contributed by atoms with van der Waals surface area (Å²) in [5.74, 6) is 0. The number of urea groups is 1. The largest absolute Gasteiger partial charge is 0.396 e. The van der Waals surface area contributed by atoms with Crippen molar-refractivity contribution in [1.82, 2.24) is 14.5 Å². The molecule has 1 aliphatic heterocycles. The molecule has 2 aromatic heterocycles. The predicted octanol–water partition coefficient (Wildman–Crippen LogP) is 2.35. The third kappa shape index (κ3) is 2.66. The first-order valence-electron chi connectivity index (χ1n) is 7.77. The van der Waals surface area contributed by atoms with Gasteiger partial charge in [-0.05, 0) is 25.0 Å². The standard InChI is InChI=1S/C16H22N4O2/c1-2-6-16(12-21)7-9-19(11-16)15(22)18-13-10-17-20-8-4-3-5-14(13)20/h3-5,8,10,21H,2,6-7,9,11-12H2,1H3,(H,18,22). The first kappa shape index (κ1) is 14.8. The van der Waals surface area contributed by atoms with Crippen LogP contribution in [0.3, 0.4) is 0 Å². The van der Waals surface area contributed by atoms with Crippen molar-refractivity contribution in [2.45, 2.75) is 26.2 Å². The summed E-state index contributed by atoms with van der Waals surface area (Å²) in [5, 5.41) is 16.8. The van der Waals surface area contributed by atoms with E-state index in [2.05, 4.69) is 17.3 Å². The summed E-state index contributed by atoms with van der Waals surface area (Å²) in [7, 11) is 0. The number of aromatic nitrogens is 2. The van der Waals surface area contributed by atoms with Crippen molar-refractivity contribution in [3.05, 3.63) is 30.6 Å². The van der Waals surface area contributed by atoms with Crippen molar-refractivity contribution in [1.29, 1.82) is 0 Å². The van der Waals surface area contributed by atoms with Gasteiger partial charge in [0.15, 0.2) is 0 Å². The van der Waals surface area contributed by atoms with Gasteiger partial charge in [-0.3, -0.25) is 0 Å². The summed E-state index contributed by atoms with van der Waals surface area (Å²) in [6.45, 7) is 3.55. The number of amides is 2. The highest BCUT2D eigenvalue weighted by molar-refractivity contribution is 5.94. The van der Waals surface area contributed by atoms with Gasteiger partial charge in [0.25, 0.3) is 0 Å². The molecule has 0 spiro atoms. The van der Waals surface area contributed by atoms with Crippen LogP contribution in [0.25, 0.3) is 5.52 Å². The van der Waals surface area contributed by atoms with Crippen molar-refractivity contribution in [3.63, 3.8) is 0 Å². The van der Waals surface area contributed by atoms with Crippen molar-refractivity contribution in [3.8, 4) is 0 Å². The molecule has 1 aliphatic rings. The van der Waals surface area contributed by atoms with Gasteiger partial charge in [-0.15, -0.1) is 0 Å². The molecule has 0 saturated carbocycles. The fourth-order valence-electron chi connectivity index (χ4n) is 3.28. The molecule has 0 radical (unpaired) electrons. The molecule has 6 nitrogen and oxygen atoms in total. The lowest BCUT2D eigenvalue weighted by Crippen LogP contribution is -2.36. The number of aliphatic hydroxyl groups is 1. The number of hydrogen-bond donors (Lipinski definition) is 2. The number of nitrogens with one attached hydrogen (secondary N) is 1. The van der Waals surface area contributed by atoms with Gasteiger partial charge < -0.3 is 15.3 Å². The maximum Gasteiger partial charge on any atom is 0.321 e. The highest BCUT2D eigenvalue weighted by atomic mass is 16.3. The molecule has 2 aromatic rings. The number of fused-ring (bicyclic) bond motifs is 1. The van der Waals surface area contributed by atoms with Crippen LogP contribution in [-0.4, -0.2) is 45.3 Å². The third-order valence-corrected chi connectivity index (χ3v) is 4.51. The van der Waals surface area contributed by atoms with Crippen molar-refractivity contribution < 1.29 is 9.90 Å². The number of anilines is 1. The molecule has 1 fully saturated rings. The van der Waals surface area contributed by atoms with Crippen LogP contribution >= 0.6 is 0 Å². The Kier molecular flexibility index (Phi) is 4.02. The lowest BCUT2D eigenvalue weighted by atomic mass is 9.83. The summed E-state index contributed by atoms with van der Waals surface area (Å²) >= 11 is 0. The second-order valence-corrected chi connectivity index (χ2v) is 6.10. The Morgan fingerprint density at radius 2 is 2.36 bits per heavy atom. The Hall–Kier alpha value is -2.08. The van der Waals surface area contributed by atoms with Gasteiger partial charge in [0.2, 0.25) is 0 Å². The number of carbonyl (C=O) groups excluding carboxylic acids is 1. The second kappa shape index (κ2) is 5.96. The van der Waals surface area contributed by atoms with Crippen molar-refractivity contribution >= 4 is 17.2 Å². The molecule has 2 amide bonds. The molecule has 2 N–H and O–H groups in total. The normalized spacial score (nSPS) is 21.5. The van der Waals surface area contributed by atoms with Gasteiger partial charge in [0.05, 0.1) is 24.0 Å². The van der Waals surface area contributed by atoms with Crippen LogP contribution < -0.4 is 5.32 Å². The first-order valence-corrected chi connectivity index (χ1v) is 7.77. The Morgan fingerprint density at radius 1 is 1.50 bits per heavy atom. The molecule has 3 heterocycles. The molecule has 1 atom stereocenters. The lowest BCUT2D eigenvalue weighted by Gasteiger charge is -2.26. The number of rotatable bonds is 4. The molecule has 6 heteroatoms. The minimum Gasteiger partial charge on any atom is -0.396 e. The van der Waals surface area contributed by atoms with Crippen LogP contribution in [0.15, 0.2) is 30.6 Å². The SMILES string of the molecule is CCCC1(CO)CCN(C(=O)Nc2cnn3ccccc23)C1. The second-order valence-electron chi connectivity index (χ2n) is 6.10. The van der Waals surface area contributed by atoms with E-state index in [1.165, 1.54) is 0 Å². The van der Waals surface area contributed by atoms with Gasteiger partial charge in [-0.25, -0.2) is 9.31 Å². The zero-order valence-electron chi connectivity index (χ0n) is 12.8. The van der Waals surface area contributed by atoms with Gasteiger partial charge in [0.1, 0.15) is 0 Å². The van der Waals surface area contributed by atoms with Crippen LogP contribution in [0.4, 0.5) is 10.5 Å². The molecule has 0 aromatic carbocycles. The van der Waals surface area contributed by atoms with Crippen LogP contribution in [0.2, 0.25) is 0 Å². The molecule has 1 unspecified atom stereocenters. The van der Waals surface area contributed by atoms with E-state index >= 15 is 0 Å². The Bertz CT molecular complexity index is 669. The van der Waals surface area contributed by atoms with E-state index in [4.69, 9.17) is 0 Å². The molecule has 118 valence electrons. The number of pyridine rings is 1. The molecular weight excluding hydrogens is 280 g/mol. The lowest BCUT2D eigenvalue weighted by molar-refractivity contribution is 0.122. The fraction of sp³-hybridized carbons (Fsp3) is 0.500. The number of nitrogens with zero attached hydrogens (tertiary/aromatic N) is 3. The summed E-state index contributed by atoms with van der Waals surface area (Å²) in [4.78, 5) is 14.3. The summed E-state index contributed by atoms with van der Waals surface area (Å²) in [6, 6.07) is 5.61. The maximum absolute atomic E-state index is 12.5. The van der Waals surface area contributed by atoms with Gasteiger partial charge in [0, 0.05) is 24.7 Å². The average Bonchev–Trinajstić information content (AvgIpc) is 3.13. The van der Waals surface area contributed by atoms with Crippen LogP contribution in [0.5, 0.6) is 0 Å². The van der Waals surface area contributed by atoms with Crippen LogP contribution in [-0.2, 0) is 0 Å². The smallest absolute Gasteiger partial charge is 0.321 e. The highest BCUT2D eigenvalue weighted by Crippen LogP contribution is 2.35. The predicted molar refractivity (Wildman–Crippen MR) is 84.8 cm³/mol. The van der Waals surface area contributed by atoms with Crippen molar-refractivity contribution in [2.24, 2.45) is 5.41 Å². The zero-order chi connectivity index (χ0) is 15.6. The quantitative estimate of drug-likeness (QED) is 0.911. The van der Waals surface area contributed by atoms with E-state index in [0.717, 1.165) is 24.8 Å². The third-order valence-electron chi connectivity index (χ3n) is 4.51. The summed E-state index contributed by atoms with van der Waals surface area (Å²) in [5.41, 5.74) is 1.45. The van der Waals surface area contributed by atoms with Gasteiger partial charge in [-0.1, -0.05) is 19.4 Å². The van der Waals surface area contributed by atoms with Gasteiger partial charge in [-0.2, -0.15) is 5.10 Å². The van der Waals surface area contributed by atoms with Crippen molar-refractivity contribution in [2.75, 3.05) is 25.0 Å². The van der Waals surface area contributed by atoms with Crippen LogP contribution in [0.1, 0.15) is 26.2 Å². The molecule has 22 heavy (non-hydrogen) atoms. The fourth-order valence-corrected chi connectivity index (χ4v) is 3.28. The monoisotopic (exact) mass is 302 g/mol. The van der Waals surface area contributed by atoms with E-state index in [1.807, 2.05) is 24.4 Å². The molecule has 0 aliphatic carbocycles. The maximum atomic E-state index is 12.5. The summed E-state index contributed by atoms with van der Waals surface area (Å²) < 4.78 is 1.73. The van der Waals surface area contributed by atoms with Gasteiger partial charge >= 0.3 is 6.03 Å². The average molecular weight is 302 g/mol. The summed E-state index contributed by atoms with van der Waals surface area (Å²) in [6.07, 6.45) is 6.33. The Morgan fingerprint density at radius 3 is 3.14 bits per heavy atom. The number of aliphatic hydroxyl groups excluding tert-OH is 1. The minimum atomic E-state index is -0.132. The molecule has 0 bridgehead atoms. The van der Waals surface area contributed by atoms with E-state index in [1.54, 1.807) is 15.6 Å². The Balaban J connectivity index is 1.70. The number of hydrogen-bond acceptors (Lipinski definition) is 3. The molecule has 1 saturated heterocycles. The first-order chi connectivity index (χ1) is 10.7. The van der Waals surface area contributed by atoms with E-state index < -0.39 is 0 Å². The molecular formula is C16H22N4O2.